The second-order valence-corrected chi connectivity index (χ2v) is 10.8. The quantitative estimate of drug-likeness (QED) is 0.369. The Morgan fingerprint density at radius 3 is 2.57 bits per heavy atom. The van der Waals surface area contributed by atoms with Gasteiger partial charge in [-0.25, -0.2) is 0 Å². The fourth-order valence-corrected chi connectivity index (χ4v) is 5.67. The summed E-state index contributed by atoms with van der Waals surface area (Å²) in [5, 5.41) is 22.3. The van der Waals surface area contributed by atoms with E-state index in [0.717, 1.165) is 41.5 Å². The number of aromatic hydroxyl groups is 1. The molecule has 0 spiro atoms. The van der Waals surface area contributed by atoms with Crippen molar-refractivity contribution >= 4 is 15.9 Å². The first-order chi connectivity index (χ1) is 13.2. The zero-order valence-corrected chi connectivity index (χ0v) is 19.5. The lowest BCUT2D eigenvalue weighted by molar-refractivity contribution is -0.0318. The van der Waals surface area contributed by atoms with E-state index >= 15 is 0 Å². The van der Waals surface area contributed by atoms with Gasteiger partial charge in [0.25, 0.3) is 0 Å². The van der Waals surface area contributed by atoms with Crippen LogP contribution in [-0.2, 0) is 5.41 Å². The van der Waals surface area contributed by atoms with E-state index in [1.54, 1.807) is 0 Å². The zero-order chi connectivity index (χ0) is 20.5. The minimum Gasteiger partial charge on any atom is -0.508 e. The van der Waals surface area contributed by atoms with Gasteiger partial charge < -0.3 is 14.9 Å². The highest BCUT2D eigenvalue weighted by atomic mass is 79.9. The minimum atomic E-state index is -0.280. The first kappa shape index (κ1) is 22.0. The third-order valence-electron chi connectivity index (χ3n) is 7.05. The molecule has 158 valence electrons. The number of halogens is 1. The van der Waals surface area contributed by atoms with Crippen LogP contribution in [0.5, 0.6) is 11.5 Å². The molecule has 0 aromatic heterocycles. The Morgan fingerprint density at radius 2 is 1.86 bits per heavy atom. The van der Waals surface area contributed by atoms with Crippen molar-refractivity contribution in [1.29, 1.82) is 0 Å². The van der Waals surface area contributed by atoms with Gasteiger partial charge in [0.2, 0.25) is 0 Å². The number of alkyl halides is 1. The van der Waals surface area contributed by atoms with Gasteiger partial charge in [0.1, 0.15) is 17.1 Å². The highest BCUT2D eigenvalue weighted by Gasteiger charge is 2.47. The van der Waals surface area contributed by atoms with E-state index in [1.807, 2.05) is 6.07 Å². The number of aliphatic hydroxyl groups excluding tert-OH is 1. The van der Waals surface area contributed by atoms with E-state index in [4.69, 9.17) is 4.74 Å². The first-order valence-electron chi connectivity index (χ1n) is 11.0. The maximum atomic E-state index is 11.0. The number of benzene rings is 1. The van der Waals surface area contributed by atoms with Gasteiger partial charge in [-0.2, -0.15) is 0 Å². The van der Waals surface area contributed by atoms with Crippen LogP contribution in [0.1, 0.15) is 96.1 Å². The summed E-state index contributed by atoms with van der Waals surface area (Å²) in [6, 6.07) is 4.11. The second kappa shape index (κ2) is 8.55. The molecule has 0 bridgehead atoms. The predicted molar refractivity (Wildman–Crippen MR) is 119 cm³/mol. The minimum absolute atomic E-state index is 0.00264. The van der Waals surface area contributed by atoms with Crippen LogP contribution in [0.15, 0.2) is 12.1 Å². The molecule has 0 radical (unpaired) electrons. The van der Waals surface area contributed by atoms with Crippen molar-refractivity contribution in [3.8, 4) is 11.5 Å². The van der Waals surface area contributed by atoms with Crippen molar-refractivity contribution in [2.24, 2.45) is 5.92 Å². The van der Waals surface area contributed by atoms with Gasteiger partial charge in [0.15, 0.2) is 0 Å². The third kappa shape index (κ3) is 4.53. The summed E-state index contributed by atoms with van der Waals surface area (Å²) in [5.74, 6) is 1.67. The van der Waals surface area contributed by atoms with Gasteiger partial charge in [0, 0.05) is 22.7 Å². The first-order valence-corrected chi connectivity index (χ1v) is 12.1. The number of phenols is 1. The average Bonchev–Trinajstić information content (AvgIpc) is 2.60. The van der Waals surface area contributed by atoms with Crippen molar-refractivity contribution in [1.82, 2.24) is 0 Å². The average molecular weight is 453 g/mol. The van der Waals surface area contributed by atoms with E-state index < -0.39 is 0 Å². The molecule has 1 heterocycles. The van der Waals surface area contributed by atoms with Crippen LogP contribution in [0.3, 0.4) is 0 Å². The maximum Gasteiger partial charge on any atom is 0.127 e. The smallest absolute Gasteiger partial charge is 0.127 e. The molecule has 28 heavy (non-hydrogen) atoms. The highest BCUT2D eigenvalue weighted by Crippen LogP contribution is 2.55. The Morgan fingerprint density at radius 1 is 1.14 bits per heavy atom. The molecule has 0 saturated heterocycles. The fourth-order valence-electron chi connectivity index (χ4n) is 5.28. The van der Waals surface area contributed by atoms with E-state index in [0.29, 0.717) is 18.1 Å². The maximum absolute atomic E-state index is 11.0. The van der Waals surface area contributed by atoms with Crippen molar-refractivity contribution < 1.29 is 14.9 Å². The molecule has 4 heteroatoms. The summed E-state index contributed by atoms with van der Waals surface area (Å²) < 4.78 is 6.45. The van der Waals surface area contributed by atoms with Gasteiger partial charge in [-0.05, 0) is 69.1 Å². The highest BCUT2D eigenvalue weighted by molar-refractivity contribution is 9.09. The second-order valence-electron chi connectivity index (χ2n) is 10.0. The molecule has 3 rings (SSSR count). The number of rotatable bonds is 7. The molecular formula is C24H37BrO3. The Labute approximate surface area is 179 Å². The molecule has 1 aliphatic heterocycles. The summed E-state index contributed by atoms with van der Waals surface area (Å²) in [6.07, 6.45) is 8.24. The number of hydrogen-bond donors (Lipinski definition) is 2. The van der Waals surface area contributed by atoms with Crippen LogP contribution in [-0.4, -0.2) is 27.2 Å². The molecule has 1 fully saturated rings. The summed E-state index contributed by atoms with van der Waals surface area (Å²) in [5.41, 5.74) is 1.79. The van der Waals surface area contributed by atoms with Crippen LogP contribution in [0.25, 0.3) is 0 Å². The van der Waals surface area contributed by atoms with E-state index in [2.05, 4.69) is 49.7 Å². The Hall–Kier alpha value is -0.740. The summed E-state index contributed by atoms with van der Waals surface area (Å²) in [7, 11) is 0. The Bertz CT molecular complexity index is 683. The lowest BCUT2D eigenvalue weighted by Gasteiger charge is -2.48. The number of fused-ring (bicyclic) bond motifs is 3. The summed E-state index contributed by atoms with van der Waals surface area (Å²) in [6.45, 7) is 8.84. The van der Waals surface area contributed by atoms with E-state index in [9.17, 15) is 10.2 Å². The lowest BCUT2D eigenvalue weighted by atomic mass is 9.65. The van der Waals surface area contributed by atoms with Gasteiger partial charge in [0.05, 0.1) is 6.10 Å². The van der Waals surface area contributed by atoms with E-state index in [1.165, 1.54) is 25.7 Å². The molecule has 1 saturated carbocycles. The predicted octanol–water partition coefficient (Wildman–Crippen LogP) is 6.43. The van der Waals surface area contributed by atoms with Gasteiger partial charge in [-0.15, -0.1) is 0 Å². The van der Waals surface area contributed by atoms with Crippen LogP contribution in [0, 0.1) is 5.92 Å². The number of hydrogen-bond acceptors (Lipinski definition) is 3. The number of unbranched alkanes of at least 4 members (excludes halogenated alkanes) is 3. The van der Waals surface area contributed by atoms with Crippen molar-refractivity contribution in [2.75, 3.05) is 5.33 Å². The molecular weight excluding hydrogens is 416 g/mol. The fraction of sp³-hybridized carbons (Fsp3) is 0.750. The molecule has 3 atom stereocenters. The molecule has 2 unspecified atom stereocenters. The van der Waals surface area contributed by atoms with Gasteiger partial charge in [-0.1, -0.05) is 49.0 Å². The van der Waals surface area contributed by atoms with Gasteiger partial charge >= 0.3 is 0 Å². The van der Waals surface area contributed by atoms with Crippen molar-refractivity contribution in [3.05, 3.63) is 23.3 Å². The molecule has 2 N–H and O–H groups in total. The lowest BCUT2D eigenvalue weighted by Crippen LogP contribution is -2.47. The number of ether oxygens (including phenoxy) is 1. The zero-order valence-electron chi connectivity index (χ0n) is 17.9. The Kier molecular flexibility index (Phi) is 6.71. The standard InChI is InChI=1S/C24H37BrO3/c1-23(2,11-7-5-6-8-12-25)16-13-20(27)22-18-15-17(26)9-10-19(18)24(3,4)28-21(22)14-16/h13-14,17-19,26-27H,5-12,15H2,1-4H3/t17?,18-,19?/m1/s1. The third-order valence-corrected chi connectivity index (χ3v) is 7.61. The van der Waals surface area contributed by atoms with Crippen LogP contribution in [0.4, 0.5) is 0 Å². The van der Waals surface area contributed by atoms with Crippen LogP contribution < -0.4 is 4.74 Å². The van der Waals surface area contributed by atoms with Crippen LogP contribution >= 0.6 is 15.9 Å². The van der Waals surface area contributed by atoms with Crippen molar-refractivity contribution in [3.63, 3.8) is 0 Å². The molecule has 2 aliphatic rings. The number of phenolic OH excluding ortho intramolecular Hbond substituents is 1. The molecule has 1 aromatic carbocycles. The van der Waals surface area contributed by atoms with E-state index in [-0.39, 0.29) is 23.0 Å². The van der Waals surface area contributed by atoms with Gasteiger partial charge in [-0.3, -0.25) is 0 Å². The molecule has 0 amide bonds. The van der Waals surface area contributed by atoms with Crippen LogP contribution in [0.2, 0.25) is 0 Å². The molecule has 3 nitrogen and oxygen atoms in total. The SMILES string of the molecule is CC(C)(CCCCCCBr)c1cc(O)c2c(c1)OC(C)(C)C1CCC(O)C[C@@H]21. The molecule has 1 aliphatic carbocycles. The topological polar surface area (TPSA) is 49.7 Å². The summed E-state index contributed by atoms with van der Waals surface area (Å²) in [4.78, 5) is 0. The number of aliphatic hydroxyl groups is 1. The normalized spacial score (nSPS) is 26.3. The summed E-state index contributed by atoms with van der Waals surface area (Å²) >= 11 is 3.50. The monoisotopic (exact) mass is 452 g/mol. The van der Waals surface area contributed by atoms with Crippen molar-refractivity contribution in [2.45, 2.75) is 102 Å². The Balaban J connectivity index is 1.85. The largest absolute Gasteiger partial charge is 0.508 e. The molecule has 1 aromatic rings.